The Labute approximate surface area is 144 Å². The van der Waals surface area contributed by atoms with Crippen molar-refractivity contribution in [1.82, 2.24) is 5.32 Å². The standard InChI is InChI=1S/C18H21NO6/c1-9(2)16(18(22)23)19-17(21)11(4)24-12-5-6-13-10(3)7-15(20)25-14(13)8-12/h5-9,11,16H,1-4H3,(H,19,21)(H,22,23)/t11-,16-/m1/s1. The van der Waals surface area contributed by atoms with Crippen molar-refractivity contribution in [3.8, 4) is 5.75 Å². The Bertz CT molecular complexity index is 854. The van der Waals surface area contributed by atoms with Crippen LogP contribution in [0.1, 0.15) is 26.3 Å². The summed E-state index contributed by atoms with van der Waals surface area (Å²) in [5.74, 6) is -1.54. The van der Waals surface area contributed by atoms with Crippen LogP contribution in [0.25, 0.3) is 11.0 Å². The Morgan fingerprint density at radius 2 is 1.88 bits per heavy atom. The van der Waals surface area contributed by atoms with Crippen LogP contribution in [0.3, 0.4) is 0 Å². The SMILES string of the molecule is Cc1cc(=O)oc2cc(O[C@H](C)C(=O)N[C@@H](C(=O)O)C(C)C)ccc12. The molecule has 0 saturated carbocycles. The van der Waals surface area contributed by atoms with Gasteiger partial charge in [-0.05, 0) is 37.5 Å². The second-order valence-corrected chi connectivity index (χ2v) is 6.24. The number of benzene rings is 1. The van der Waals surface area contributed by atoms with Gasteiger partial charge in [0.25, 0.3) is 5.91 Å². The fourth-order valence-corrected chi connectivity index (χ4v) is 2.42. The zero-order valence-corrected chi connectivity index (χ0v) is 14.5. The molecule has 134 valence electrons. The molecule has 0 saturated heterocycles. The predicted molar refractivity (Wildman–Crippen MR) is 91.7 cm³/mol. The second kappa shape index (κ2) is 7.38. The third-order valence-corrected chi connectivity index (χ3v) is 3.84. The highest BCUT2D eigenvalue weighted by molar-refractivity contribution is 5.86. The molecule has 7 nitrogen and oxygen atoms in total. The molecule has 2 rings (SSSR count). The third-order valence-electron chi connectivity index (χ3n) is 3.84. The molecule has 0 aliphatic heterocycles. The van der Waals surface area contributed by atoms with E-state index in [2.05, 4.69) is 5.32 Å². The minimum atomic E-state index is -1.10. The molecule has 1 aromatic heterocycles. The molecule has 0 fully saturated rings. The minimum Gasteiger partial charge on any atom is -0.481 e. The summed E-state index contributed by atoms with van der Waals surface area (Å²) in [4.78, 5) is 34.8. The molecular weight excluding hydrogens is 326 g/mol. The number of carbonyl (C=O) groups is 2. The molecule has 1 amide bonds. The van der Waals surface area contributed by atoms with Gasteiger partial charge in [0.2, 0.25) is 0 Å². The van der Waals surface area contributed by atoms with E-state index < -0.39 is 29.6 Å². The molecule has 0 radical (unpaired) electrons. The average molecular weight is 347 g/mol. The summed E-state index contributed by atoms with van der Waals surface area (Å²) < 4.78 is 10.7. The maximum atomic E-state index is 12.2. The lowest BCUT2D eigenvalue weighted by Crippen LogP contribution is -2.48. The van der Waals surface area contributed by atoms with Gasteiger partial charge in [-0.2, -0.15) is 0 Å². The highest BCUT2D eigenvalue weighted by Gasteiger charge is 2.26. The van der Waals surface area contributed by atoms with E-state index in [-0.39, 0.29) is 5.92 Å². The Morgan fingerprint density at radius 1 is 1.20 bits per heavy atom. The summed E-state index contributed by atoms with van der Waals surface area (Å²) in [6, 6.07) is 5.34. The number of aryl methyl sites for hydroxylation is 1. The number of ether oxygens (including phenoxy) is 1. The molecule has 2 aromatic rings. The van der Waals surface area contributed by atoms with Gasteiger partial charge in [-0.15, -0.1) is 0 Å². The van der Waals surface area contributed by atoms with Crippen LogP contribution < -0.4 is 15.7 Å². The average Bonchev–Trinajstić information content (AvgIpc) is 2.50. The van der Waals surface area contributed by atoms with Crippen molar-refractivity contribution in [1.29, 1.82) is 0 Å². The van der Waals surface area contributed by atoms with Crippen LogP contribution in [0.15, 0.2) is 33.5 Å². The summed E-state index contributed by atoms with van der Waals surface area (Å²) >= 11 is 0. The van der Waals surface area contributed by atoms with Crippen molar-refractivity contribution in [2.45, 2.75) is 39.8 Å². The van der Waals surface area contributed by atoms with Gasteiger partial charge in [-0.3, -0.25) is 4.79 Å². The van der Waals surface area contributed by atoms with Crippen LogP contribution in [0.2, 0.25) is 0 Å². The van der Waals surface area contributed by atoms with Crippen LogP contribution in [-0.4, -0.2) is 29.1 Å². The van der Waals surface area contributed by atoms with Crippen LogP contribution in [0.4, 0.5) is 0 Å². The van der Waals surface area contributed by atoms with Crippen LogP contribution in [0.5, 0.6) is 5.75 Å². The third kappa shape index (κ3) is 4.37. The minimum absolute atomic E-state index is 0.258. The number of carbonyl (C=O) groups excluding carboxylic acids is 1. The van der Waals surface area contributed by atoms with Crippen LogP contribution in [0, 0.1) is 12.8 Å². The normalized spacial score (nSPS) is 13.5. The molecule has 1 heterocycles. The van der Waals surface area contributed by atoms with E-state index in [0.29, 0.717) is 11.3 Å². The van der Waals surface area contributed by atoms with E-state index in [9.17, 15) is 14.4 Å². The summed E-state index contributed by atoms with van der Waals surface area (Å²) in [6.07, 6.45) is -0.908. The zero-order valence-electron chi connectivity index (χ0n) is 14.5. The Morgan fingerprint density at radius 3 is 2.48 bits per heavy atom. The molecule has 2 N–H and O–H groups in total. The molecular formula is C18H21NO6. The highest BCUT2D eigenvalue weighted by Crippen LogP contribution is 2.23. The van der Waals surface area contributed by atoms with Crippen LogP contribution in [-0.2, 0) is 9.59 Å². The summed E-state index contributed by atoms with van der Waals surface area (Å²) in [5, 5.41) is 12.4. The first-order valence-electron chi connectivity index (χ1n) is 7.93. The fraction of sp³-hybridized carbons (Fsp3) is 0.389. The van der Waals surface area contributed by atoms with Crippen molar-refractivity contribution in [2.24, 2.45) is 5.92 Å². The maximum absolute atomic E-state index is 12.2. The number of fused-ring (bicyclic) bond motifs is 1. The van der Waals surface area contributed by atoms with Gasteiger partial charge in [0, 0.05) is 17.5 Å². The lowest BCUT2D eigenvalue weighted by Gasteiger charge is -2.21. The number of hydrogen-bond donors (Lipinski definition) is 2. The zero-order chi connectivity index (χ0) is 18.7. The first kappa shape index (κ1) is 18.5. The van der Waals surface area contributed by atoms with E-state index >= 15 is 0 Å². The highest BCUT2D eigenvalue weighted by atomic mass is 16.5. The van der Waals surface area contributed by atoms with E-state index in [1.165, 1.54) is 19.1 Å². The monoisotopic (exact) mass is 347 g/mol. The number of carboxylic acid groups (broad SMARTS) is 1. The summed E-state index contributed by atoms with van der Waals surface area (Å²) in [5.41, 5.74) is 0.680. The summed E-state index contributed by atoms with van der Waals surface area (Å²) in [7, 11) is 0. The smallest absolute Gasteiger partial charge is 0.336 e. The van der Waals surface area contributed by atoms with E-state index in [1.807, 2.05) is 0 Å². The van der Waals surface area contributed by atoms with Gasteiger partial charge >= 0.3 is 11.6 Å². The molecule has 0 bridgehead atoms. The number of rotatable bonds is 6. The van der Waals surface area contributed by atoms with Crippen molar-refractivity contribution in [3.63, 3.8) is 0 Å². The maximum Gasteiger partial charge on any atom is 0.336 e. The Hall–Kier alpha value is -2.83. The fourth-order valence-electron chi connectivity index (χ4n) is 2.42. The van der Waals surface area contributed by atoms with Gasteiger partial charge in [0.15, 0.2) is 6.10 Å². The molecule has 0 aliphatic carbocycles. The van der Waals surface area contributed by atoms with Crippen LogP contribution >= 0.6 is 0 Å². The van der Waals surface area contributed by atoms with Crippen molar-refractivity contribution >= 4 is 22.8 Å². The number of amides is 1. The Balaban J connectivity index is 2.15. The molecule has 2 atom stereocenters. The first-order chi connectivity index (χ1) is 11.7. The largest absolute Gasteiger partial charge is 0.481 e. The number of nitrogens with one attached hydrogen (secondary N) is 1. The summed E-state index contributed by atoms with van der Waals surface area (Å²) in [6.45, 7) is 6.73. The molecule has 0 spiro atoms. The van der Waals surface area contributed by atoms with Gasteiger partial charge in [-0.25, -0.2) is 9.59 Å². The van der Waals surface area contributed by atoms with E-state index in [1.54, 1.807) is 32.9 Å². The number of hydrogen-bond acceptors (Lipinski definition) is 5. The van der Waals surface area contributed by atoms with Crippen molar-refractivity contribution < 1.29 is 23.8 Å². The van der Waals surface area contributed by atoms with Crippen molar-refractivity contribution in [3.05, 3.63) is 40.2 Å². The predicted octanol–water partition coefficient (Wildman–Crippen LogP) is 2.09. The topological polar surface area (TPSA) is 106 Å². The van der Waals surface area contributed by atoms with Crippen molar-refractivity contribution in [2.75, 3.05) is 0 Å². The quantitative estimate of drug-likeness (QED) is 0.775. The molecule has 7 heteroatoms. The van der Waals surface area contributed by atoms with E-state index in [0.717, 1.165) is 10.9 Å². The lowest BCUT2D eigenvalue weighted by molar-refractivity contribution is -0.144. The number of aliphatic carboxylic acids is 1. The molecule has 1 aromatic carbocycles. The molecule has 0 unspecified atom stereocenters. The molecule has 0 aliphatic rings. The van der Waals surface area contributed by atoms with Gasteiger partial charge in [0.05, 0.1) is 0 Å². The lowest BCUT2D eigenvalue weighted by atomic mass is 10.0. The van der Waals surface area contributed by atoms with E-state index in [4.69, 9.17) is 14.3 Å². The number of carboxylic acids is 1. The molecule has 25 heavy (non-hydrogen) atoms. The first-order valence-corrected chi connectivity index (χ1v) is 7.93. The Kier molecular flexibility index (Phi) is 5.46. The van der Waals surface area contributed by atoms with Gasteiger partial charge in [-0.1, -0.05) is 13.8 Å². The van der Waals surface area contributed by atoms with Gasteiger partial charge < -0.3 is 19.6 Å². The second-order valence-electron chi connectivity index (χ2n) is 6.24. The van der Waals surface area contributed by atoms with Gasteiger partial charge in [0.1, 0.15) is 17.4 Å².